The molecule has 4 aromatic rings. The van der Waals surface area contributed by atoms with E-state index in [4.69, 9.17) is 9.47 Å². The molecule has 0 aromatic heterocycles. The van der Waals surface area contributed by atoms with E-state index in [1.54, 1.807) is 0 Å². The first kappa shape index (κ1) is 21.5. The highest BCUT2D eigenvalue weighted by molar-refractivity contribution is 5.51. The van der Waals surface area contributed by atoms with E-state index in [0.717, 1.165) is 22.6 Å². The SMILES string of the molecule is CCOc1ccc(C=c2ccc(=c3ccc(=Cc4ccc(OCC)cc4)cc3)cc2)cc1. The van der Waals surface area contributed by atoms with Gasteiger partial charge in [-0.1, -0.05) is 72.8 Å². The summed E-state index contributed by atoms with van der Waals surface area (Å²) in [6.45, 7) is 5.36. The van der Waals surface area contributed by atoms with E-state index in [1.165, 1.54) is 20.9 Å². The minimum atomic E-state index is 0.686. The first-order valence-electron chi connectivity index (χ1n) is 11.1. The Kier molecular flexibility index (Phi) is 7.04. The lowest BCUT2D eigenvalue weighted by atomic mass is 10.1. The summed E-state index contributed by atoms with van der Waals surface area (Å²) in [5.41, 5.74) is 2.32. The highest BCUT2D eigenvalue weighted by Gasteiger charge is 1.93. The van der Waals surface area contributed by atoms with Crippen molar-refractivity contribution in [2.75, 3.05) is 13.2 Å². The van der Waals surface area contributed by atoms with Gasteiger partial charge in [0.05, 0.1) is 13.2 Å². The topological polar surface area (TPSA) is 18.5 Å². The number of ether oxygens (including phenoxy) is 2. The molecule has 0 heterocycles. The fourth-order valence-electron chi connectivity index (χ4n) is 3.58. The zero-order chi connectivity index (χ0) is 22.2. The van der Waals surface area contributed by atoms with E-state index in [1.807, 2.05) is 38.1 Å². The van der Waals surface area contributed by atoms with E-state index in [2.05, 4.69) is 84.9 Å². The molecule has 0 amide bonds. The second-order valence-corrected chi connectivity index (χ2v) is 7.54. The monoisotopic (exact) mass is 420 g/mol. The molecule has 2 nitrogen and oxygen atoms in total. The summed E-state index contributed by atoms with van der Waals surface area (Å²) < 4.78 is 11.0. The molecule has 0 saturated carbocycles. The Labute approximate surface area is 189 Å². The van der Waals surface area contributed by atoms with Crippen molar-refractivity contribution >= 4 is 12.2 Å². The van der Waals surface area contributed by atoms with Crippen LogP contribution in [0.5, 0.6) is 11.5 Å². The van der Waals surface area contributed by atoms with Gasteiger partial charge in [0.15, 0.2) is 0 Å². The van der Waals surface area contributed by atoms with Gasteiger partial charge in [-0.3, -0.25) is 0 Å². The van der Waals surface area contributed by atoms with Crippen molar-refractivity contribution in [3.63, 3.8) is 0 Å². The lowest BCUT2D eigenvalue weighted by Gasteiger charge is -2.02. The summed E-state index contributed by atoms with van der Waals surface area (Å²) >= 11 is 0. The van der Waals surface area contributed by atoms with Crippen molar-refractivity contribution in [1.29, 1.82) is 0 Å². The van der Waals surface area contributed by atoms with Crippen molar-refractivity contribution in [2.24, 2.45) is 0 Å². The lowest BCUT2D eigenvalue weighted by Crippen LogP contribution is -1.99. The molecule has 0 unspecified atom stereocenters. The van der Waals surface area contributed by atoms with E-state index >= 15 is 0 Å². The summed E-state index contributed by atoms with van der Waals surface area (Å²) in [6.07, 6.45) is 4.35. The van der Waals surface area contributed by atoms with Gasteiger partial charge < -0.3 is 9.47 Å². The molecule has 0 aliphatic heterocycles. The molecule has 4 aromatic carbocycles. The molecule has 32 heavy (non-hydrogen) atoms. The third-order valence-corrected chi connectivity index (χ3v) is 5.20. The summed E-state index contributed by atoms with van der Waals surface area (Å²) in [5, 5.41) is 4.78. The summed E-state index contributed by atoms with van der Waals surface area (Å²) in [7, 11) is 0. The maximum Gasteiger partial charge on any atom is 0.119 e. The van der Waals surface area contributed by atoms with Crippen LogP contribution in [-0.4, -0.2) is 13.2 Å². The van der Waals surface area contributed by atoms with Crippen LogP contribution in [0.3, 0.4) is 0 Å². The van der Waals surface area contributed by atoms with Crippen molar-refractivity contribution in [2.45, 2.75) is 13.8 Å². The number of hydrogen-bond acceptors (Lipinski definition) is 2. The molecule has 0 fully saturated rings. The van der Waals surface area contributed by atoms with Gasteiger partial charge in [0.2, 0.25) is 0 Å². The Balaban J connectivity index is 1.56. The molecule has 0 aliphatic carbocycles. The second kappa shape index (κ2) is 10.5. The number of rotatable bonds is 6. The van der Waals surface area contributed by atoms with Crippen LogP contribution in [0.25, 0.3) is 12.2 Å². The maximum absolute atomic E-state index is 5.51. The quantitative estimate of drug-likeness (QED) is 0.414. The fourth-order valence-corrected chi connectivity index (χ4v) is 3.58. The summed E-state index contributed by atoms with van der Waals surface area (Å²) in [4.78, 5) is 0. The molecule has 0 spiro atoms. The Morgan fingerprint density at radius 1 is 0.469 bits per heavy atom. The summed E-state index contributed by atoms with van der Waals surface area (Å²) in [5.74, 6) is 1.81. The average Bonchev–Trinajstić information content (AvgIpc) is 2.83. The van der Waals surface area contributed by atoms with Crippen LogP contribution in [0.2, 0.25) is 0 Å². The van der Waals surface area contributed by atoms with Gasteiger partial charge in [0.1, 0.15) is 11.5 Å². The Hall–Kier alpha value is -3.78. The molecular weight excluding hydrogens is 392 g/mol. The molecule has 0 aliphatic rings. The molecule has 0 N–H and O–H groups in total. The highest BCUT2D eigenvalue weighted by atomic mass is 16.5. The average molecular weight is 421 g/mol. The molecule has 4 rings (SSSR count). The largest absolute Gasteiger partial charge is 0.494 e. The number of hydrogen-bond donors (Lipinski definition) is 0. The third kappa shape index (κ3) is 5.67. The van der Waals surface area contributed by atoms with E-state index in [0.29, 0.717) is 13.2 Å². The van der Waals surface area contributed by atoms with Crippen molar-refractivity contribution in [3.8, 4) is 11.5 Å². The smallest absolute Gasteiger partial charge is 0.119 e. The first-order chi connectivity index (χ1) is 15.7. The lowest BCUT2D eigenvalue weighted by molar-refractivity contribution is 0.340. The Morgan fingerprint density at radius 3 is 1.12 bits per heavy atom. The zero-order valence-corrected chi connectivity index (χ0v) is 18.6. The minimum Gasteiger partial charge on any atom is -0.494 e. The van der Waals surface area contributed by atoms with Gasteiger partial charge in [-0.15, -0.1) is 0 Å². The maximum atomic E-state index is 5.51. The van der Waals surface area contributed by atoms with Gasteiger partial charge in [-0.05, 0) is 82.3 Å². The van der Waals surface area contributed by atoms with Crippen LogP contribution < -0.4 is 19.9 Å². The van der Waals surface area contributed by atoms with Crippen LogP contribution in [-0.2, 0) is 0 Å². The highest BCUT2D eigenvalue weighted by Crippen LogP contribution is 2.13. The molecule has 2 heteroatoms. The minimum absolute atomic E-state index is 0.686. The fraction of sp³-hybridized carbons (Fsp3) is 0.133. The van der Waals surface area contributed by atoms with Crippen molar-refractivity contribution in [3.05, 3.63) is 129 Å². The van der Waals surface area contributed by atoms with E-state index in [-0.39, 0.29) is 0 Å². The molecular formula is C30H28O2. The van der Waals surface area contributed by atoms with Crippen LogP contribution in [0.15, 0.2) is 97.1 Å². The molecule has 0 radical (unpaired) electrons. The summed E-state index contributed by atoms with van der Waals surface area (Å²) in [6, 6.07) is 33.7. The van der Waals surface area contributed by atoms with Crippen LogP contribution in [0, 0.1) is 10.4 Å². The number of benzene rings is 4. The van der Waals surface area contributed by atoms with E-state index < -0.39 is 0 Å². The third-order valence-electron chi connectivity index (χ3n) is 5.20. The van der Waals surface area contributed by atoms with Crippen molar-refractivity contribution in [1.82, 2.24) is 0 Å². The Bertz CT molecular complexity index is 1210. The van der Waals surface area contributed by atoms with Gasteiger partial charge in [-0.25, -0.2) is 0 Å². The predicted molar refractivity (Wildman–Crippen MR) is 132 cm³/mol. The zero-order valence-electron chi connectivity index (χ0n) is 18.6. The Morgan fingerprint density at radius 2 is 0.812 bits per heavy atom. The normalized spacial score (nSPS) is 10.4. The van der Waals surface area contributed by atoms with Crippen LogP contribution in [0.4, 0.5) is 0 Å². The molecule has 160 valence electrons. The van der Waals surface area contributed by atoms with Gasteiger partial charge in [0.25, 0.3) is 0 Å². The predicted octanol–water partition coefficient (Wildman–Crippen LogP) is 5.43. The van der Waals surface area contributed by atoms with Gasteiger partial charge in [-0.2, -0.15) is 0 Å². The van der Waals surface area contributed by atoms with Gasteiger partial charge in [0, 0.05) is 0 Å². The van der Waals surface area contributed by atoms with Crippen LogP contribution in [0.1, 0.15) is 25.0 Å². The second-order valence-electron chi connectivity index (χ2n) is 7.54. The van der Waals surface area contributed by atoms with E-state index in [9.17, 15) is 0 Å². The van der Waals surface area contributed by atoms with Gasteiger partial charge >= 0.3 is 0 Å². The van der Waals surface area contributed by atoms with Crippen molar-refractivity contribution < 1.29 is 9.47 Å². The molecule has 0 saturated heterocycles. The molecule has 0 bridgehead atoms. The standard InChI is InChI=1S/C30H28O2/c1-3-31-29-17-9-25(10-18-29)21-23-5-13-27(14-6-23)28-15-7-24(8-16-28)22-26-11-19-30(20-12-26)32-4-2/h5-22H,3-4H2,1-2H3. The first-order valence-corrected chi connectivity index (χ1v) is 11.1. The van der Waals surface area contributed by atoms with Crippen LogP contribution >= 0.6 is 0 Å². The molecule has 0 atom stereocenters.